The summed E-state index contributed by atoms with van der Waals surface area (Å²) in [6.45, 7) is 0.960. The molecule has 2 aromatic carbocycles. The number of anilines is 1. The molecule has 2 aromatic rings. The second-order valence-corrected chi connectivity index (χ2v) is 8.39. The van der Waals surface area contributed by atoms with Crippen LogP contribution in [0.5, 0.6) is 0 Å². The summed E-state index contributed by atoms with van der Waals surface area (Å²) in [6.07, 6.45) is -4.28. The molecular formula is C20H19F3N2O4S. The fraction of sp³-hybridized carbons (Fsp3) is 0.250. The van der Waals surface area contributed by atoms with E-state index in [-0.39, 0.29) is 42.4 Å². The highest BCUT2D eigenvalue weighted by atomic mass is 32.2. The van der Waals surface area contributed by atoms with Gasteiger partial charge >= 0.3 is 6.18 Å². The molecule has 1 aliphatic heterocycles. The van der Waals surface area contributed by atoms with Crippen molar-refractivity contribution in [1.82, 2.24) is 4.31 Å². The number of allylic oxidation sites excluding steroid dienone is 1. The first-order valence-corrected chi connectivity index (χ1v) is 10.5. The standard InChI is InChI=1S/C20H19F3N2O4S/c21-20(22,23)18(15-5-2-1-3-6-15)14-19(26)24-16-7-4-8-17(13-16)30(27,28)25-9-11-29-12-10-25/h1-8,13-14H,9-12H2,(H,24,26)/b18-14-. The minimum Gasteiger partial charge on any atom is -0.379 e. The Bertz CT molecular complexity index is 1030. The van der Waals surface area contributed by atoms with Crippen molar-refractivity contribution in [3.05, 3.63) is 66.2 Å². The second-order valence-electron chi connectivity index (χ2n) is 6.46. The molecule has 0 spiro atoms. The average molecular weight is 440 g/mol. The first-order chi connectivity index (χ1) is 14.2. The smallest absolute Gasteiger partial charge is 0.379 e. The molecule has 0 atom stereocenters. The number of morpholine rings is 1. The maximum Gasteiger partial charge on any atom is 0.417 e. The number of amides is 1. The van der Waals surface area contributed by atoms with Crippen molar-refractivity contribution in [3.63, 3.8) is 0 Å². The van der Waals surface area contributed by atoms with Crippen molar-refractivity contribution in [2.45, 2.75) is 11.1 Å². The van der Waals surface area contributed by atoms with Crippen LogP contribution in [0.4, 0.5) is 18.9 Å². The molecule has 0 aliphatic carbocycles. The number of nitrogens with zero attached hydrogens (tertiary/aromatic N) is 1. The molecule has 0 radical (unpaired) electrons. The van der Waals surface area contributed by atoms with Gasteiger partial charge in [-0.05, 0) is 23.8 Å². The number of ether oxygens (including phenoxy) is 1. The van der Waals surface area contributed by atoms with E-state index in [2.05, 4.69) is 5.32 Å². The van der Waals surface area contributed by atoms with E-state index in [9.17, 15) is 26.4 Å². The fourth-order valence-electron chi connectivity index (χ4n) is 2.93. The molecule has 6 nitrogen and oxygen atoms in total. The third-order valence-corrected chi connectivity index (χ3v) is 6.27. The number of carbonyl (C=O) groups excluding carboxylic acids is 1. The number of hydrogen-bond acceptors (Lipinski definition) is 4. The SMILES string of the molecule is O=C(/C=C(/c1ccccc1)C(F)(F)F)Nc1cccc(S(=O)(=O)N2CCOCC2)c1. The third-order valence-electron chi connectivity index (χ3n) is 4.38. The highest BCUT2D eigenvalue weighted by molar-refractivity contribution is 7.89. The molecule has 1 heterocycles. The number of benzene rings is 2. The monoisotopic (exact) mass is 440 g/mol. The van der Waals surface area contributed by atoms with Crippen LogP contribution in [0.15, 0.2) is 65.6 Å². The summed E-state index contributed by atoms with van der Waals surface area (Å²) in [4.78, 5) is 12.2. The van der Waals surface area contributed by atoms with Crippen molar-refractivity contribution in [2.24, 2.45) is 0 Å². The van der Waals surface area contributed by atoms with Gasteiger partial charge in [0.2, 0.25) is 15.9 Å². The molecule has 1 N–H and O–H groups in total. The molecular weight excluding hydrogens is 421 g/mol. The Kier molecular flexibility index (Phi) is 6.59. The van der Waals surface area contributed by atoms with Crippen LogP contribution in [0.25, 0.3) is 5.57 Å². The van der Waals surface area contributed by atoms with Crippen LogP contribution in [0.2, 0.25) is 0 Å². The van der Waals surface area contributed by atoms with Gasteiger partial charge in [0.05, 0.1) is 23.7 Å². The van der Waals surface area contributed by atoms with Gasteiger partial charge in [-0.15, -0.1) is 0 Å². The van der Waals surface area contributed by atoms with E-state index in [0.29, 0.717) is 6.08 Å². The van der Waals surface area contributed by atoms with Gasteiger partial charge < -0.3 is 10.1 Å². The zero-order valence-corrected chi connectivity index (χ0v) is 16.5. The number of hydrogen-bond donors (Lipinski definition) is 1. The lowest BCUT2D eigenvalue weighted by Crippen LogP contribution is -2.40. The number of alkyl halides is 3. The van der Waals surface area contributed by atoms with Gasteiger partial charge in [-0.2, -0.15) is 17.5 Å². The molecule has 0 aromatic heterocycles. The van der Waals surface area contributed by atoms with Gasteiger partial charge in [-0.3, -0.25) is 4.79 Å². The summed E-state index contributed by atoms with van der Waals surface area (Å²) in [6, 6.07) is 12.3. The maximum absolute atomic E-state index is 13.4. The quantitative estimate of drug-likeness (QED) is 0.724. The van der Waals surface area contributed by atoms with Crippen molar-refractivity contribution in [3.8, 4) is 0 Å². The minimum atomic E-state index is -4.74. The molecule has 1 aliphatic rings. The first kappa shape index (κ1) is 22.0. The summed E-state index contributed by atoms with van der Waals surface area (Å²) >= 11 is 0. The molecule has 0 saturated carbocycles. The highest BCUT2D eigenvalue weighted by Crippen LogP contribution is 2.33. The highest BCUT2D eigenvalue weighted by Gasteiger charge is 2.35. The Morgan fingerprint density at radius 3 is 2.33 bits per heavy atom. The van der Waals surface area contributed by atoms with E-state index >= 15 is 0 Å². The Labute approximate surface area is 172 Å². The second kappa shape index (κ2) is 8.99. The topological polar surface area (TPSA) is 75.7 Å². The maximum atomic E-state index is 13.4. The van der Waals surface area contributed by atoms with Crippen molar-refractivity contribution in [2.75, 3.05) is 31.6 Å². The van der Waals surface area contributed by atoms with Crippen LogP contribution < -0.4 is 5.32 Å². The van der Waals surface area contributed by atoms with Crippen LogP contribution in [-0.2, 0) is 19.6 Å². The molecule has 0 unspecified atom stereocenters. The summed E-state index contributed by atoms with van der Waals surface area (Å²) in [7, 11) is -3.80. The van der Waals surface area contributed by atoms with Crippen molar-refractivity contribution in [1.29, 1.82) is 0 Å². The lowest BCUT2D eigenvalue weighted by atomic mass is 10.1. The normalized spacial score (nSPS) is 16.3. The summed E-state index contributed by atoms with van der Waals surface area (Å²) < 4.78 is 72.0. The van der Waals surface area contributed by atoms with E-state index in [0.717, 1.165) is 0 Å². The number of carbonyl (C=O) groups is 1. The molecule has 0 bridgehead atoms. The van der Waals surface area contributed by atoms with Gasteiger partial charge in [-0.25, -0.2) is 8.42 Å². The van der Waals surface area contributed by atoms with Crippen molar-refractivity contribution >= 4 is 27.2 Å². The lowest BCUT2D eigenvalue weighted by molar-refractivity contribution is -0.112. The van der Waals surface area contributed by atoms with Gasteiger partial charge in [0.15, 0.2) is 0 Å². The molecule has 160 valence electrons. The molecule has 1 fully saturated rings. The van der Waals surface area contributed by atoms with Crippen LogP contribution in [0.1, 0.15) is 5.56 Å². The van der Waals surface area contributed by atoms with E-state index in [1.807, 2.05) is 0 Å². The van der Waals surface area contributed by atoms with Crippen LogP contribution in [0, 0.1) is 0 Å². The zero-order chi connectivity index (χ0) is 21.8. The molecule has 30 heavy (non-hydrogen) atoms. The van der Waals surface area contributed by atoms with Gasteiger partial charge in [-0.1, -0.05) is 36.4 Å². The van der Waals surface area contributed by atoms with E-state index < -0.39 is 27.7 Å². The van der Waals surface area contributed by atoms with Crippen molar-refractivity contribution < 1.29 is 31.1 Å². The summed E-state index contributed by atoms with van der Waals surface area (Å²) in [5, 5.41) is 2.31. The average Bonchev–Trinajstić information content (AvgIpc) is 2.73. The van der Waals surface area contributed by atoms with E-state index in [1.54, 1.807) is 6.07 Å². The van der Waals surface area contributed by atoms with Crippen LogP contribution in [-0.4, -0.2) is 51.1 Å². The summed E-state index contributed by atoms with van der Waals surface area (Å²) in [5.41, 5.74) is -1.18. The lowest BCUT2D eigenvalue weighted by Gasteiger charge is -2.26. The van der Waals surface area contributed by atoms with Gasteiger partial charge in [0, 0.05) is 24.9 Å². The molecule has 3 rings (SSSR count). The molecule has 1 amide bonds. The largest absolute Gasteiger partial charge is 0.417 e. The zero-order valence-electron chi connectivity index (χ0n) is 15.7. The Morgan fingerprint density at radius 2 is 1.70 bits per heavy atom. The van der Waals surface area contributed by atoms with E-state index in [1.165, 1.54) is 52.8 Å². The molecule has 1 saturated heterocycles. The van der Waals surface area contributed by atoms with Gasteiger partial charge in [0.1, 0.15) is 0 Å². The predicted octanol–water partition coefficient (Wildman–Crippen LogP) is 3.29. The number of rotatable bonds is 5. The third kappa shape index (κ3) is 5.26. The van der Waals surface area contributed by atoms with Gasteiger partial charge in [0.25, 0.3) is 0 Å². The minimum absolute atomic E-state index is 0.0646. The Morgan fingerprint density at radius 1 is 1.03 bits per heavy atom. The Hall–Kier alpha value is -2.69. The number of sulfonamides is 1. The number of nitrogens with one attached hydrogen (secondary N) is 1. The first-order valence-electron chi connectivity index (χ1n) is 9.01. The fourth-order valence-corrected chi connectivity index (χ4v) is 4.38. The van der Waals surface area contributed by atoms with E-state index in [4.69, 9.17) is 4.74 Å². The molecule has 10 heteroatoms. The van der Waals surface area contributed by atoms with Crippen LogP contribution >= 0.6 is 0 Å². The summed E-state index contributed by atoms with van der Waals surface area (Å²) in [5.74, 6) is -1.02. The predicted molar refractivity (Wildman–Crippen MR) is 105 cm³/mol. The van der Waals surface area contributed by atoms with Crippen LogP contribution in [0.3, 0.4) is 0 Å². The Balaban J connectivity index is 1.83. The number of halogens is 3.